The van der Waals surface area contributed by atoms with Gasteiger partial charge in [0, 0.05) is 54.9 Å². The number of nitrogens with one attached hydrogen (secondary N) is 2. The molecular weight excluding hydrogens is 528 g/mol. The quantitative estimate of drug-likeness (QED) is 0.418. The molecule has 212 valence electrons. The second kappa shape index (κ2) is 10.4. The summed E-state index contributed by atoms with van der Waals surface area (Å²) < 4.78 is 31.6. The number of pyridine rings is 1. The third-order valence-corrected chi connectivity index (χ3v) is 9.15. The Labute approximate surface area is 235 Å². The molecule has 11 nitrogen and oxygen atoms in total. The van der Waals surface area contributed by atoms with E-state index in [2.05, 4.69) is 51.4 Å². The van der Waals surface area contributed by atoms with Crippen LogP contribution in [0.25, 0.3) is 0 Å². The minimum atomic E-state index is -3.16. The molecule has 2 N–H and O–H groups in total. The molecular formula is C28H36N8O3S. The van der Waals surface area contributed by atoms with Crippen molar-refractivity contribution in [3.05, 3.63) is 47.7 Å². The van der Waals surface area contributed by atoms with Crippen molar-refractivity contribution in [1.82, 2.24) is 19.3 Å². The summed E-state index contributed by atoms with van der Waals surface area (Å²) in [5, 5.41) is 6.69. The maximum absolute atomic E-state index is 12.1. The molecule has 12 heteroatoms. The zero-order chi connectivity index (χ0) is 28.0. The Balaban J connectivity index is 1.16. The molecule has 0 spiro atoms. The van der Waals surface area contributed by atoms with Crippen molar-refractivity contribution in [1.29, 1.82) is 0 Å². The Morgan fingerprint density at radius 3 is 2.62 bits per heavy atom. The van der Waals surface area contributed by atoms with Crippen molar-refractivity contribution in [2.45, 2.75) is 45.7 Å². The number of nitrogens with zero attached hydrogens (tertiary/aromatic N) is 6. The van der Waals surface area contributed by atoms with Crippen molar-refractivity contribution in [2.24, 2.45) is 0 Å². The number of rotatable bonds is 8. The van der Waals surface area contributed by atoms with Crippen LogP contribution in [0.3, 0.4) is 0 Å². The highest BCUT2D eigenvalue weighted by Gasteiger charge is 2.47. The number of anilines is 6. The summed E-state index contributed by atoms with van der Waals surface area (Å²) in [6, 6.07) is 10.3. The van der Waals surface area contributed by atoms with Crippen LogP contribution in [0.4, 0.5) is 34.8 Å². The van der Waals surface area contributed by atoms with Gasteiger partial charge >= 0.3 is 0 Å². The first-order chi connectivity index (χ1) is 19.2. The van der Waals surface area contributed by atoms with Crippen LogP contribution in [-0.4, -0.2) is 78.8 Å². The van der Waals surface area contributed by atoms with Crippen molar-refractivity contribution in [2.75, 3.05) is 59.5 Å². The van der Waals surface area contributed by atoms with Crippen LogP contribution in [-0.2, 0) is 10.0 Å². The van der Waals surface area contributed by atoms with Gasteiger partial charge in [-0.3, -0.25) is 0 Å². The van der Waals surface area contributed by atoms with Crippen molar-refractivity contribution in [3.8, 4) is 5.75 Å². The predicted octanol–water partition coefficient (Wildman–Crippen LogP) is 3.81. The average molecular weight is 565 g/mol. The molecule has 2 aromatic heterocycles. The lowest BCUT2D eigenvalue weighted by Crippen LogP contribution is -2.48. The Morgan fingerprint density at radius 1 is 1.05 bits per heavy atom. The van der Waals surface area contributed by atoms with Gasteiger partial charge in [-0.2, -0.15) is 9.29 Å². The molecule has 3 aromatic rings. The van der Waals surface area contributed by atoms with Gasteiger partial charge in [-0.25, -0.2) is 18.4 Å². The van der Waals surface area contributed by atoms with E-state index in [1.165, 1.54) is 6.26 Å². The van der Waals surface area contributed by atoms with Crippen LogP contribution in [0.15, 0.2) is 36.5 Å². The third-order valence-electron chi connectivity index (χ3n) is 7.85. The number of aryl methyl sites for hydroxylation is 2. The highest BCUT2D eigenvalue weighted by molar-refractivity contribution is 7.88. The summed E-state index contributed by atoms with van der Waals surface area (Å²) >= 11 is 0. The van der Waals surface area contributed by atoms with Gasteiger partial charge in [-0.15, -0.1) is 0 Å². The second-order valence-electron chi connectivity index (χ2n) is 10.9. The normalized spacial score (nSPS) is 20.4. The Bertz CT molecular complexity index is 1530. The van der Waals surface area contributed by atoms with Crippen LogP contribution in [0.5, 0.6) is 5.75 Å². The first-order valence-corrected chi connectivity index (χ1v) is 15.6. The van der Waals surface area contributed by atoms with E-state index >= 15 is 0 Å². The minimum Gasteiger partial charge on any atom is -0.488 e. The van der Waals surface area contributed by atoms with Crippen LogP contribution >= 0.6 is 0 Å². The van der Waals surface area contributed by atoms with Crippen molar-refractivity contribution in [3.63, 3.8) is 0 Å². The standard InChI is InChI=1S/C28H36N8O3S/c1-5-10-34-11-12-39-24-8-9-25(32-27(24)34)31-26-19(3)15-29-28(33-26)30-20-6-7-23(18(2)13-20)35-16-22-14-21(35)17-36(22)40(4,37)38/h6-9,13,15,21-22H,5,10-12,14,16-17H2,1-4H3,(H2,29,30,31,32,33). The minimum absolute atomic E-state index is 0.0518. The number of fused-ring (bicyclic) bond motifs is 3. The first-order valence-electron chi connectivity index (χ1n) is 13.8. The van der Waals surface area contributed by atoms with E-state index < -0.39 is 10.0 Å². The van der Waals surface area contributed by atoms with E-state index in [0.29, 0.717) is 30.7 Å². The van der Waals surface area contributed by atoms with Crippen molar-refractivity contribution < 1.29 is 13.2 Å². The predicted molar refractivity (Wildman–Crippen MR) is 158 cm³/mol. The van der Waals surface area contributed by atoms with Gasteiger partial charge in [0.15, 0.2) is 11.6 Å². The number of hydrogen-bond acceptors (Lipinski definition) is 10. The molecule has 40 heavy (non-hydrogen) atoms. The van der Waals surface area contributed by atoms with Crippen molar-refractivity contribution >= 4 is 44.8 Å². The largest absolute Gasteiger partial charge is 0.488 e. The smallest absolute Gasteiger partial charge is 0.229 e. The molecule has 2 saturated heterocycles. The highest BCUT2D eigenvalue weighted by Crippen LogP contribution is 2.38. The highest BCUT2D eigenvalue weighted by atomic mass is 32.2. The van der Waals surface area contributed by atoms with Gasteiger partial charge in [0.25, 0.3) is 0 Å². The molecule has 6 rings (SSSR count). The van der Waals surface area contributed by atoms with Gasteiger partial charge in [0.2, 0.25) is 16.0 Å². The number of sulfonamides is 1. The summed E-state index contributed by atoms with van der Waals surface area (Å²) in [5.74, 6) is 3.53. The molecule has 2 bridgehead atoms. The lowest BCUT2D eigenvalue weighted by Gasteiger charge is -2.35. The number of benzene rings is 1. The lowest BCUT2D eigenvalue weighted by atomic mass is 10.1. The molecule has 0 aliphatic carbocycles. The van der Waals surface area contributed by atoms with Crippen LogP contribution in [0.2, 0.25) is 0 Å². The van der Waals surface area contributed by atoms with Gasteiger partial charge in [0.05, 0.1) is 12.8 Å². The third kappa shape index (κ3) is 5.13. The van der Waals surface area contributed by atoms with Crippen LogP contribution < -0.4 is 25.2 Å². The summed E-state index contributed by atoms with van der Waals surface area (Å²) in [4.78, 5) is 18.6. The molecule has 3 aliphatic heterocycles. The maximum Gasteiger partial charge on any atom is 0.229 e. The monoisotopic (exact) mass is 564 g/mol. The van der Waals surface area contributed by atoms with Gasteiger partial charge in [-0.05, 0) is 62.6 Å². The molecule has 2 atom stereocenters. The number of hydrogen-bond donors (Lipinski definition) is 2. The van der Waals surface area contributed by atoms with E-state index in [4.69, 9.17) is 14.7 Å². The Hall–Kier alpha value is -3.64. The fraction of sp³-hybridized carbons (Fsp3) is 0.464. The van der Waals surface area contributed by atoms with Gasteiger partial charge < -0.3 is 25.2 Å². The summed E-state index contributed by atoms with van der Waals surface area (Å²) in [7, 11) is -3.16. The maximum atomic E-state index is 12.1. The molecule has 3 aliphatic rings. The Morgan fingerprint density at radius 2 is 1.90 bits per heavy atom. The van der Waals surface area contributed by atoms with E-state index in [0.717, 1.165) is 66.5 Å². The number of ether oxygens (including phenoxy) is 1. The molecule has 2 fully saturated rings. The second-order valence-corrected chi connectivity index (χ2v) is 12.8. The van der Waals surface area contributed by atoms with Crippen LogP contribution in [0, 0.1) is 13.8 Å². The zero-order valence-corrected chi connectivity index (χ0v) is 24.2. The topological polar surface area (TPSA) is 116 Å². The first kappa shape index (κ1) is 26.6. The van der Waals surface area contributed by atoms with Gasteiger partial charge in [-0.1, -0.05) is 6.92 Å². The number of aromatic nitrogens is 3. The van der Waals surface area contributed by atoms with Crippen LogP contribution in [0.1, 0.15) is 30.9 Å². The molecule has 0 amide bonds. The molecule has 0 radical (unpaired) electrons. The summed E-state index contributed by atoms with van der Waals surface area (Å²) in [6.45, 7) is 9.91. The molecule has 2 unspecified atom stereocenters. The lowest BCUT2D eigenvalue weighted by molar-refractivity contribution is 0.305. The van der Waals surface area contributed by atoms with E-state index in [-0.39, 0.29) is 12.1 Å². The SMILES string of the molecule is CCCN1CCOc2ccc(Nc3nc(Nc4ccc(N5CC6CC5CN6S(C)(=O)=O)c(C)c4)ncc3C)nc21. The van der Waals surface area contributed by atoms with E-state index in [1.54, 1.807) is 10.5 Å². The summed E-state index contributed by atoms with van der Waals surface area (Å²) in [5.41, 5.74) is 4.05. The molecule has 1 aromatic carbocycles. The van der Waals surface area contributed by atoms with E-state index in [9.17, 15) is 8.42 Å². The molecule has 5 heterocycles. The number of piperazine rings is 1. The van der Waals surface area contributed by atoms with E-state index in [1.807, 2.05) is 25.1 Å². The molecule has 0 saturated carbocycles. The fourth-order valence-electron chi connectivity index (χ4n) is 5.97. The van der Waals surface area contributed by atoms with Gasteiger partial charge in [0.1, 0.15) is 18.2 Å². The summed E-state index contributed by atoms with van der Waals surface area (Å²) in [6.07, 6.45) is 5.01. The fourth-order valence-corrected chi connectivity index (χ4v) is 7.11. The zero-order valence-electron chi connectivity index (χ0n) is 23.4. The average Bonchev–Trinajstić information content (AvgIpc) is 3.53. The Kier molecular flexibility index (Phi) is 6.91.